The van der Waals surface area contributed by atoms with Crippen LogP contribution in [-0.2, 0) is 0 Å². The molecule has 2 aliphatic rings. The zero-order chi connectivity index (χ0) is 22.2. The average Bonchev–Trinajstić information content (AvgIpc) is 3.25. The van der Waals surface area contributed by atoms with Gasteiger partial charge in [-0.15, -0.1) is 0 Å². The number of anilines is 1. The smallest absolute Gasteiger partial charge is 0.195 e. The molecule has 164 valence electrons. The molecule has 5 nitrogen and oxygen atoms in total. The molecule has 3 aromatic carbocycles. The highest BCUT2D eigenvalue weighted by molar-refractivity contribution is 6.30. The van der Waals surface area contributed by atoms with Crippen molar-refractivity contribution in [1.82, 2.24) is 10.4 Å². The molecule has 2 atom stereocenters. The number of halogens is 1. The van der Waals surface area contributed by atoms with E-state index >= 15 is 0 Å². The van der Waals surface area contributed by atoms with Crippen LogP contribution < -0.4 is 19.8 Å². The Morgan fingerprint density at radius 3 is 2.47 bits per heavy atom. The van der Waals surface area contributed by atoms with Crippen LogP contribution in [0.2, 0.25) is 5.02 Å². The lowest BCUT2D eigenvalue weighted by molar-refractivity contribution is -0.0326. The number of benzene rings is 3. The first-order valence-corrected chi connectivity index (χ1v) is 11.1. The SMILES string of the molecule is CCOc1ccc(C2=CC3c4cc(Cl)ccc4OC(c4ccc(N(C)C)cc4)N3N2)cc1. The Labute approximate surface area is 193 Å². The molecule has 0 aromatic heterocycles. The fourth-order valence-electron chi connectivity index (χ4n) is 4.19. The van der Waals surface area contributed by atoms with Gasteiger partial charge in [-0.1, -0.05) is 23.7 Å². The molecule has 32 heavy (non-hydrogen) atoms. The van der Waals surface area contributed by atoms with Gasteiger partial charge < -0.3 is 19.8 Å². The highest BCUT2D eigenvalue weighted by atomic mass is 35.5. The van der Waals surface area contributed by atoms with Crippen LogP contribution >= 0.6 is 11.6 Å². The lowest BCUT2D eigenvalue weighted by Gasteiger charge is -2.39. The lowest BCUT2D eigenvalue weighted by Crippen LogP contribution is -2.43. The molecule has 0 saturated carbocycles. The predicted octanol–water partition coefficient (Wildman–Crippen LogP) is 5.80. The van der Waals surface area contributed by atoms with Crippen LogP contribution in [-0.4, -0.2) is 25.7 Å². The molecule has 0 spiro atoms. The summed E-state index contributed by atoms with van der Waals surface area (Å²) in [5, 5.41) is 2.85. The Bertz CT molecular complexity index is 1140. The van der Waals surface area contributed by atoms with Crippen LogP contribution in [0.5, 0.6) is 11.5 Å². The van der Waals surface area contributed by atoms with E-state index in [0.717, 1.165) is 39.6 Å². The van der Waals surface area contributed by atoms with E-state index < -0.39 is 0 Å². The number of ether oxygens (including phenoxy) is 2. The summed E-state index contributed by atoms with van der Waals surface area (Å²) < 4.78 is 12.1. The lowest BCUT2D eigenvalue weighted by atomic mass is 10.0. The van der Waals surface area contributed by atoms with Crippen LogP contribution in [0.15, 0.2) is 72.8 Å². The minimum absolute atomic E-state index is 0.00227. The monoisotopic (exact) mass is 447 g/mol. The summed E-state index contributed by atoms with van der Waals surface area (Å²) in [6.45, 7) is 2.64. The number of nitrogens with zero attached hydrogens (tertiary/aromatic N) is 2. The van der Waals surface area contributed by atoms with Gasteiger partial charge in [-0.25, -0.2) is 0 Å². The standard InChI is InChI=1S/C26H26ClN3O2/c1-4-31-21-12-7-17(8-13-21)23-16-24-22-15-19(27)9-14-25(22)32-26(30(24)28-23)18-5-10-20(11-6-18)29(2)3/h5-16,24,26,28H,4H2,1-3H3. The van der Waals surface area contributed by atoms with Gasteiger partial charge in [0.15, 0.2) is 6.23 Å². The Morgan fingerprint density at radius 1 is 1.03 bits per heavy atom. The minimum Gasteiger partial charge on any atom is -0.494 e. The summed E-state index contributed by atoms with van der Waals surface area (Å²) in [6, 6.07) is 22.4. The molecule has 3 aromatic rings. The first kappa shape index (κ1) is 20.7. The third-order valence-electron chi connectivity index (χ3n) is 5.83. The van der Waals surface area contributed by atoms with E-state index in [9.17, 15) is 0 Å². The maximum absolute atomic E-state index is 6.46. The number of hydrazine groups is 1. The van der Waals surface area contributed by atoms with Crippen LogP contribution in [0.3, 0.4) is 0 Å². The number of hydrogen-bond donors (Lipinski definition) is 1. The molecule has 2 aliphatic heterocycles. The van der Waals surface area contributed by atoms with E-state index in [1.54, 1.807) is 0 Å². The summed E-state index contributed by atoms with van der Waals surface area (Å²) in [6.07, 6.45) is 1.95. The van der Waals surface area contributed by atoms with Gasteiger partial charge in [0.05, 0.1) is 18.3 Å². The second kappa shape index (κ2) is 8.41. The molecule has 2 heterocycles. The van der Waals surface area contributed by atoms with E-state index in [0.29, 0.717) is 11.6 Å². The Balaban J connectivity index is 1.51. The quantitative estimate of drug-likeness (QED) is 0.535. The Hall–Kier alpha value is -3.15. The van der Waals surface area contributed by atoms with Crippen LogP contribution in [0.25, 0.3) is 5.70 Å². The third-order valence-corrected chi connectivity index (χ3v) is 6.06. The molecular formula is C26H26ClN3O2. The van der Waals surface area contributed by atoms with Crippen LogP contribution in [0.1, 0.15) is 35.9 Å². The number of nitrogens with one attached hydrogen (secondary N) is 1. The van der Waals surface area contributed by atoms with E-state index in [2.05, 4.69) is 57.8 Å². The Morgan fingerprint density at radius 2 is 1.78 bits per heavy atom. The topological polar surface area (TPSA) is 37.0 Å². The van der Waals surface area contributed by atoms with E-state index in [4.69, 9.17) is 21.1 Å². The van der Waals surface area contributed by atoms with Crippen LogP contribution in [0.4, 0.5) is 5.69 Å². The molecule has 0 aliphatic carbocycles. The predicted molar refractivity (Wildman–Crippen MR) is 129 cm³/mol. The van der Waals surface area contributed by atoms with Gasteiger partial charge in [0.2, 0.25) is 0 Å². The molecule has 6 heteroatoms. The average molecular weight is 448 g/mol. The summed E-state index contributed by atoms with van der Waals surface area (Å²) >= 11 is 6.33. The fourth-order valence-corrected chi connectivity index (χ4v) is 4.37. The molecule has 5 rings (SSSR count). The summed E-state index contributed by atoms with van der Waals surface area (Å²) in [5.74, 6) is 1.72. The van der Waals surface area contributed by atoms with Gasteiger partial charge in [-0.05, 0) is 73.2 Å². The molecule has 0 radical (unpaired) electrons. The molecule has 0 saturated heterocycles. The number of rotatable bonds is 5. The largest absolute Gasteiger partial charge is 0.494 e. The van der Waals surface area contributed by atoms with Gasteiger partial charge in [-0.3, -0.25) is 0 Å². The van der Waals surface area contributed by atoms with Crippen molar-refractivity contribution in [3.8, 4) is 11.5 Å². The van der Waals surface area contributed by atoms with Crippen molar-refractivity contribution in [1.29, 1.82) is 0 Å². The van der Waals surface area contributed by atoms with Gasteiger partial charge >= 0.3 is 0 Å². The molecule has 0 bridgehead atoms. The Kier molecular flexibility index (Phi) is 5.45. The minimum atomic E-state index is -0.277. The summed E-state index contributed by atoms with van der Waals surface area (Å²) in [7, 11) is 4.08. The fraction of sp³-hybridized carbons (Fsp3) is 0.231. The highest BCUT2D eigenvalue weighted by Crippen LogP contribution is 2.46. The van der Waals surface area contributed by atoms with Crippen molar-refractivity contribution < 1.29 is 9.47 Å². The van der Waals surface area contributed by atoms with Crippen molar-refractivity contribution in [3.05, 3.63) is 94.5 Å². The van der Waals surface area contributed by atoms with Gasteiger partial charge in [0, 0.05) is 35.9 Å². The van der Waals surface area contributed by atoms with Crippen molar-refractivity contribution in [2.75, 3.05) is 25.6 Å². The molecule has 0 fully saturated rings. The third kappa shape index (κ3) is 3.78. The maximum Gasteiger partial charge on any atom is 0.195 e. The molecule has 2 unspecified atom stereocenters. The zero-order valence-electron chi connectivity index (χ0n) is 18.4. The second-order valence-corrected chi connectivity index (χ2v) is 8.58. The molecular weight excluding hydrogens is 422 g/mol. The first-order valence-electron chi connectivity index (χ1n) is 10.8. The van der Waals surface area contributed by atoms with Crippen molar-refractivity contribution >= 4 is 23.0 Å². The van der Waals surface area contributed by atoms with E-state index in [-0.39, 0.29) is 12.3 Å². The van der Waals surface area contributed by atoms with Crippen molar-refractivity contribution in [3.63, 3.8) is 0 Å². The number of fused-ring (bicyclic) bond motifs is 3. The summed E-state index contributed by atoms with van der Waals surface area (Å²) in [4.78, 5) is 2.09. The second-order valence-electron chi connectivity index (χ2n) is 8.14. The van der Waals surface area contributed by atoms with E-state index in [1.165, 1.54) is 0 Å². The molecule has 0 amide bonds. The van der Waals surface area contributed by atoms with Crippen molar-refractivity contribution in [2.24, 2.45) is 0 Å². The first-order chi connectivity index (χ1) is 15.5. The number of hydrogen-bond acceptors (Lipinski definition) is 5. The molecule has 1 N–H and O–H groups in total. The van der Waals surface area contributed by atoms with Gasteiger partial charge in [0.1, 0.15) is 11.5 Å². The van der Waals surface area contributed by atoms with Crippen LogP contribution in [0, 0.1) is 0 Å². The van der Waals surface area contributed by atoms with E-state index in [1.807, 2.05) is 51.4 Å². The highest BCUT2D eigenvalue weighted by Gasteiger charge is 2.40. The van der Waals surface area contributed by atoms with Gasteiger partial charge in [0.25, 0.3) is 0 Å². The normalized spacial score (nSPS) is 19.3. The van der Waals surface area contributed by atoms with Crippen molar-refractivity contribution in [2.45, 2.75) is 19.2 Å². The van der Waals surface area contributed by atoms with Gasteiger partial charge in [-0.2, -0.15) is 5.01 Å². The maximum atomic E-state index is 6.46. The zero-order valence-corrected chi connectivity index (χ0v) is 19.1. The summed E-state index contributed by atoms with van der Waals surface area (Å²) in [5.41, 5.74) is 8.98.